The fourth-order valence-corrected chi connectivity index (χ4v) is 2.72. The van der Waals surface area contributed by atoms with Crippen molar-refractivity contribution in [1.82, 2.24) is 20.0 Å². The maximum atomic E-state index is 12.7. The summed E-state index contributed by atoms with van der Waals surface area (Å²) in [5.74, 6) is 1.11. The van der Waals surface area contributed by atoms with Crippen LogP contribution in [0.1, 0.15) is 29.7 Å². The molecule has 24 heavy (non-hydrogen) atoms. The summed E-state index contributed by atoms with van der Waals surface area (Å²) >= 11 is 0. The lowest BCUT2D eigenvalue weighted by Gasteiger charge is -2.22. The summed E-state index contributed by atoms with van der Waals surface area (Å²) in [7, 11) is 1.48. The van der Waals surface area contributed by atoms with E-state index in [0.717, 1.165) is 5.56 Å². The molecule has 0 aliphatic carbocycles. The molecule has 9 heteroatoms. The van der Waals surface area contributed by atoms with E-state index in [1.807, 2.05) is 6.92 Å². The van der Waals surface area contributed by atoms with E-state index >= 15 is 0 Å². The Morgan fingerprint density at radius 3 is 2.96 bits per heavy atom. The molecule has 1 fully saturated rings. The van der Waals surface area contributed by atoms with E-state index in [1.54, 1.807) is 19.2 Å². The highest BCUT2D eigenvalue weighted by Crippen LogP contribution is 2.32. The average Bonchev–Trinajstić information content (AvgIpc) is 3.13. The maximum absolute atomic E-state index is 12.7. The number of nitrogens with zero attached hydrogens (tertiary/aromatic N) is 4. The highest BCUT2D eigenvalue weighted by Gasteiger charge is 2.39. The van der Waals surface area contributed by atoms with Crippen molar-refractivity contribution in [3.8, 4) is 5.88 Å². The molecule has 2 amide bonds. The van der Waals surface area contributed by atoms with Gasteiger partial charge in [-0.1, -0.05) is 5.16 Å². The third-order valence-corrected chi connectivity index (χ3v) is 3.79. The molecule has 1 aliphatic heterocycles. The first-order valence-electron chi connectivity index (χ1n) is 7.54. The fourth-order valence-electron chi connectivity index (χ4n) is 2.72. The summed E-state index contributed by atoms with van der Waals surface area (Å²) in [5.41, 5.74) is 1.35. The summed E-state index contributed by atoms with van der Waals surface area (Å²) in [6, 6.07) is 0.908. The third kappa shape index (κ3) is 3.16. The number of rotatable bonds is 3. The summed E-state index contributed by atoms with van der Waals surface area (Å²) in [6.07, 6.45) is 1.35. The Kier molecular flexibility index (Phi) is 4.34. The van der Waals surface area contributed by atoms with Crippen molar-refractivity contribution in [3.63, 3.8) is 0 Å². The van der Waals surface area contributed by atoms with Gasteiger partial charge in [0.2, 0.25) is 11.8 Å². The zero-order valence-electron chi connectivity index (χ0n) is 13.7. The third-order valence-electron chi connectivity index (χ3n) is 3.79. The van der Waals surface area contributed by atoms with Gasteiger partial charge in [-0.15, -0.1) is 0 Å². The number of likely N-dealkylation sites (tertiary alicyclic amines) is 1. The maximum Gasteiger partial charge on any atom is 0.322 e. The van der Waals surface area contributed by atoms with Crippen molar-refractivity contribution in [2.45, 2.75) is 32.4 Å². The monoisotopic (exact) mass is 333 g/mol. The smallest absolute Gasteiger partial charge is 0.322 e. The molecule has 1 saturated heterocycles. The number of carbonyl (C=O) groups excluding carboxylic acids is 1. The number of aliphatic hydroxyl groups excluding tert-OH is 1. The molecule has 3 heterocycles. The number of ether oxygens (including phenoxy) is 1. The van der Waals surface area contributed by atoms with Gasteiger partial charge in [0.05, 0.1) is 13.2 Å². The Hall–Kier alpha value is -2.68. The van der Waals surface area contributed by atoms with Crippen LogP contribution >= 0.6 is 0 Å². The number of pyridine rings is 1. The minimum absolute atomic E-state index is 0.180. The summed E-state index contributed by atoms with van der Waals surface area (Å²) in [6.45, 7) is 3.75. The molecule has 9 nitrogen and oxygen atoms in total. The van der Waals surface area contributed by atoms with Crippen LogP contribution in [0, 0.1) is 13.8 Å². The number of nitrogens with one attached hydrogen (secondary N) is 1. The van der Waals surface area contributed by atoms with Crippen LogP contribution in [-0.2, 0) is 0 Å². The predicted molar refractivity (Wildman–Crippen MR) is 83.7 cm³/mol. The van der Waals surface area contributed by atoms with Crippen molar-refractivity contribution in [1.29, 1.82) is 0 Å². The number of anilines is 1. The van der Waals surface area contributed by atoms with Gasteiger partial charge in [-0.3, -0.25) is 0 Å². The van der Waals surface area contributed by atoms with Crippen molar-refractivity contribution in [3.05, 3.63) is 29.5 Å². The number of aliphatic hydroxyl groups is 1. The van der Waals surface area contributed by atoms with Gasteiger partial charge in [0.25, 0.3) is 0 Å². The Balaban J connectivity index is 1.82. The van der Waals surface area contributed by atoms with Crippen molar-refractivity contribution in [2.24, 2.45) is 0 Å². The van der Waals surface area contributed by atoms with Crippen LogP contribution in [0.3, 0.4) is 0 Å². The number of methoxy groups -OCH3 is 1. The first-order valence-corrected chi connectivity index (χ1v) is 7.54. The van der Waals surface area contributed by atoms with Gasteiger partial charge in [0.1, 0.15) is 11.7 Å². The molecule has 2 N–H and O–H groups in total. The molecule has 2 aromatic heterocycles. The lowest BCUT2D eigenvalue weighted by Crippen LogP contribution is -2.35. The van der Waals surface area contributed by atoms with Crippen LogP contribution in [0.15, 0.2) is 16.8 Å². The van der Waals surface area contributed by atoms with E-state index in [4.69, 9.17) is 9.26 Å². The number of hydrogen-bond acceptors (Lipinski definition) is 7. The second-order valence-corrected chi connectivity index (χ2v) is 5.74. The van der Waals surface area contributed by atoms with Gasteiger partial charge in [0.15, 0.2) is 5.82 Å². The molecule has 0 saturated carbocycles. The first-order chi connectivity index (χ1) is 11.5. The molecule has 0 radical (unpaired) electrons. The van der Waals surface area contributed by atoms with Gasteiger partial charge in [-0.25, -0.2) is 9.78 Å². The molecule has 3 rings (SSSR count). The van der Waals surface area contributed by atoms with Gasteiger partial charge in [-0.05, 0) is 25.5 Å². The number of urea groups is 1. The summed E-state index contributed by atoms with van der Waals surface area (Å²) in [4.78, 5) is 22.4. The SMILES string of the molecule is COc1ncc(C)cc1NC(=O)N1C[C@H](O)C[C@@H]1c1nc(C)no1. The molecule has 2 aromatic rings. The van der Waals surface area contributed by atoms with Gasteiger partial charge in [0, 0.05) is 19.2 Å². The average molecular weight is 333 g/mol. The highest BCUT2D eigenvalue weighted by molar-refractivity contribution is 5.91. The van der Waals surface area contributed by atoms with E-state index in [-0.39, 0.29) is 6.54 Å². The molecule has 0 spiro atoms. The highest BCUT2D eigenvalue weighted by atomic mass is 16.5. The van der Waals surface area contributed by atoms with E-state index < -0.39 is 18.2 Å². The quantitative estimate of drug-likeness (QED) is 0.873. The molecular weight excluding hydrogens is 314 g/mol. The second-order valence-electron chi connectivity index (χ2n) is 5.74. The zero-order chi connectivity index (χ0) is 17.3. The largest absolute Gasteiger partial charge is 0.480 e. The van der Waals surface area contributed by atoms with Crippen LogP contribution < -0.4 is 10.1 Å². The van der Waals surface area contributed by atoms with Crippen molar-refractivity contribution >= 4 is 11.7 Å². The van der Waals surface area contributed by atoms with Crippen LogP contribution in [0.5, 0.6) is 5.88 Å². The van der Waals surface area contributed by atoms with E-state index in [1.165, 1.54) is 12.0 Å². The van der Waals surface area contributed by atoms with Gasteiger partial charge in [-0.2, -0.15) is 4.98 Å². The lowest BCUT2D eigenvalue weighted by atomic mass is 10.2. The van der Waals surface area contributed by atoms with E-state index in [9.17, 15) is 9.90 Å². The number of hydrogen-bond donors (Lipinski definition) is 2. The molecule has 0 aromatic carbocycles. The van der Waals surface area contributed by atoms with Crippen LogP contribution in [0.2, 0.25) is 0 Å². The first kappa shape index (κ1) is 16.2. The normalized spacial score (nSPS) is 20.2. The molecule has 128 valence electrons. The Morgan fingerprint density at radius 2 is 2.29 bits per heavy atom. The minimum atomic E-state index is -0.648. The fraction of sp³-hybridized carbons (Fsp3) is 0.467. The number of aromatic nitrogens is 3. The van der Waals surface area contributed by atoms with Crippen molar-refractivity contribution < 1.29 is 19.2 Å². The van der Waals surface area contributed by atoms with Crippen LogP contribution in [0.25, 0.3) is 0 Å². The number of β-amino-alcohol motifs (C(OH)–C–C–N with tert-alkyl or cyclic N) is 1. The second kappa shape index (κ2) is 6.44. The Labute approximate surface area is 138 Å². The standard InChI is InChI=1S/C15H19N5O4/c1-8-4-11(13(23-3)16-6-8)18-15(22)20-7-10(21)5-12(20)14-17-9(2)19-24-14/h4,6,10,12,21H,5,7H2,1-3H3,(H,18,22)/t10-,12-/m1/s1. The number of carbonyl (C=O) groups is 1. The number of aryl methyl sites for hydroxylation is 2. The topological polar surface area (TPSA) is 114 Å². The van der Waals surface area contributed by atoms with Gasteiger partial charge >= 0.3 is 6.03 Å². The van der Waals surface area contributed by atoms with Crippen molar-refractivity contribution in [2.75, 3.05) is 19.0 Å². The summed E-state index contributed by atoms with van der Waals surface area (Å²) < 4.78 is 10.3. The zero-order valence-corrected chi connectivity index (χ0v) is 13.7. The lowest BCUT2D eigenvalue weighted by molar-refractivity contribution is 0.174. The van der Waals surface area contributed by atoms with E-state index in [2.05, 4.69) is 20.4 Å². The Bertz CT molecular complexity index is 747. The van der Waals surface area contributed by atoms with E-state index in [0.29, 0.717) is 29.7 Å². The molecular formula is C15H19N5O4. The minimum Gasteiger partial charge on any atom is -0.480 e. The van der Waals surface area contributed by atoms with Crippen LogP contribution in [0.4, 0.5) is 10.5 Å². The Morgan fingerprint density at radius 1 is 1.50 bits per heavy atom. The molecule has 2 atom stereocenters. The molecule has 0 unspecified atom stereocenters. The molecule has 1 aliphatic rings. The molecule has 0 bridgehead atoms. The van der Waals surface area contributed by atoms with Crippen LogP contribution in [-0.4, -0.2) is 50.9 Å². The van der Waals surface area contributed by atoms with Gasteiger partial charge < -0.3 is 24.6 Å². The predicted octanol–water partition coefficient (Wildman–Crippen LogP) is 1.43. The summed E-state index contributed by atoms with van der Waals surface area (Å²) in [5, 5.41) is 16.5. The number of amides is 2.